The van der Waals surface area contributed by atoms with E-state index >= 15 is 0 Å². The molecule has 0 aromatic carbocycles. The molecule has 0 bridgehead atoms. The molecule has 0 spiro atoms. The van der Waals surface area contributed by atoms with Crippen LogP contribution >= 0.6 is 0 Å². The third kappa shape index (κ3) is 2.81. The summed E-state index contributed by atoms with van der Waals surface area (Å²) in [7, 11) is 0. The van der Waals surface area contributed by atoms with Crippen molar-refractivity contribution in [3.05, 3.63) is 24.3 Å². The van der Waals surface area contributed by atoms with E-state index in [1.54, 1.807) is 0 Å². The van der Waals surface area contributed by atoms with Crippen molar-refractivity contribution in [3.8, 4) is 0 Å². The van der Waals surface area contributed by atoms with Gasteiger partial charge in [-0.1, -0.05) is 0 Å². The first-order chi connectivity index (χ1) is 6.00. The molecule has 3 nitrogen and oxygen atoms in total. The average molecular weight is 190 g/mol. The van der Waals surface area contributed by atoms with E-state index in [2.05, 4.69) is 9.97 Å². The van der Waals surface area contributed by atoms with Crippen molar-refractivity contribution in [1.29, 1.82) is 0 Å². The first kappa shape index (κ1) is 9.63. The molecule has 1 heterocycles. The monoisotopic (exact) mass is 190 g/mol. The van der Waals surface area contributed by atoms with Crippen LogP contribution in [0.4, 0.5) is 13.2 Å². The van der Waals surface area contributed by atoms with Crippen molar-refractivity contribution in [2.45, 2.75) is 12.6 Å². The van der Waals surface area contributed by atoms with Gasteiger partial charge in [0.1, 0.15) is 5.82 Å². The number of ketones is 1. The van der Waals surface area contributed by atoms with E-state index in [9.17, 15) is 18.0 Å². The Morgan fingerprint density at radius 1 is 1.31 bits per heavy atom. The summed E-state index contributed by atoms with van der Waals surface area (Å²) in [6.45, 7) is 0. The molecule has 0 fully saturated rings. The van der Waals surface area contributed by atoms with Crippen molar-refractivity contribution in [3.63, 3.8) is 0 Å². The Morgan fingerprint density at radius 3 is 2.31 bits per heavy atom. The van der Waals surface area contributed by atoms with E-state index < -0.39 is 18.4 Å². The summed E-state index contributed by atoms with van der Waals surface area (Å²) in [5, 5.41) is 0. The van der Waals surface area contributed by atoms with Gasteiger partial charge in [0.05, 0.1) is 6.42 Å². The summed E-state index contributed by atoms with van der Waals surface area (Å²) in [5.74, 6) is -1.96. The second-order valence-corrected chi connectivity index (χ2v) is 2.26. The molecule has 6 heteroatoms. The predicted octanol–water partition coefficient (Wildman–Crippen LogP) is 1.15. The molecule has 0 amide bonds. The van der Waals surface area contributed by atoms with E-state index in [-0.39, 0.29) is 5.82 Å². The Bertz CT molecular complexity index is 296. The average Bonchev–Trinajstić information content (AvgIpc) is 2.04. The quantitative estimate of drug-likeness (QED) is 0.702. The van der Waals surface area contributed by atoms with Crippen molar-refractivity contribution in [2.24, 2.45) is 0 Å². The summed E-state index contributed by atoms with van der Waals surface area (Å²) in [6, 6.07) is 1.46. The van der Waals surface area contributed by atoms with Crippen LogP contribution in [0.25, 0.3) is 0 Å². The van der Waals surface area contributed by atoms with Gasteiger partial charge in [-0.2, -0.15) is 13.2 Å². The second-order valence-electron chi connectivity index (χ2n) is 2.26. The van der Waals surface area contributed by atoms with Gasteiger partial charge in [0.15, 0.2) is 0 Å². The SMILES string of the molecule is O=C(Cc1ncccn1)C(F)(F)F. The van der Waals surface area contributed by atoms with Crippen LogP contribution in [-0.2, 0) is 11.2 Å². The largest absolute Gasteiger partial charge is 0.450 e. The zero-order valence-electron chi connectivity index (χ0n) is 6.38. The molecule has 0 N–H and O–H groups in total. The highest BCUT2D eigenvalue weighted by atomic mass is 19.4. The van der Waals surface area contributed by atoms with Crippen LogP contribution in [0.3, 0.4) is 0 Å². The minimum Gasteiger partial charge on any atom is -0.289 e. The Balaban J connectivity index is 2.66. The molecule has 0 atom stereocenters. The Kier molecular flexibility index (Phi) is 2.60. The van der Waals surface area contributed by atoms with Gasteiger partial charge in [-0.3, -0.25) is 4.79 Å². The van der Waals surface area contributed by atoms with Crippen LogP contribution in [0, 0.1) is 0 Å². The number of carbonyl (C=O) groups excluding carboxylic acids is 1. The fourth-order valence-corrected chi connectivity index (χ4v) is 0.665. The standard InChI is InChI=1S/C7H5F3N2O/c8-7(9,10)5(13)4-6-11-2-1-3-12-6/h1-3H,4H2. The van der Waals surface area contributed by atoms with E-state index in [0.29, 0.717) is 0 Å². The molecule has 0 radical (unpaired) electrons. The number of aromatic nitrogens is 2. The molecule has 1 aromatic rings. The van der Waals surface area contributed by atoms with Crippen LogP contribution in [-0.4, -0.2) is 21.9 Å². The minimum atomic E-state index is -4.81. The van der Waals surface area contributed by atoms with Gasteiger partial charge >= 0.3 is 6.18 Å². The van der Waals surface area contributed by atoms with Crippen LogP contribution in [0.1, 0.15) is 5.82 Å². The van der Waals surface area contributed by atoms with Gasteiger partial charge in [0, 0.05) is 12.4 Å². The van der Waals surface area contributed by atoms with Gasteiger partial charge in [-0.05, 0) is 6.07 Å². The molecular formula is C7H5F3N2O. The topological polar surface area (TPSA) is 42.9 Å². The smallest absolute Gasteiger partial charge is 0.289 e. The van der Waals surface area contributed by atoms with Gasteiger partial charge < -0.3 is 0 Å². The molecule has 1 rings (SSSR count). The number of hydrogen-bond acceptors (Lipinski definition) is 3. The molecule has 13 heavy (non-hydrogen) atoms. The lowest BCUT2D eigenvalue weighted by Gasteiger charge is -2.02. The van der Waals surface area contributed by atoms with Gasteiger partial charge in [-0.25, -0.2) is 9.97 Å². The highest BCUT2D eigenvalue weighted by Gasteiger charge is 2.38. The molecule has 70 valence electrons. The molecule has 0 aliphatic rings. The maximum atomic E-state index is 11.7. The van der Waals surface area contributed by atoms with Crippen molar-refractivity contribution in [1.82, 2.24) is 9.97 Å². The number of rotatable bonds is 2. The number of carbonyl (C=O) groups is 1. The van der Waals surface area contributed by atoms with Crippen LogP contribution in [0.2, 0.25) is 0 Å². The van der Waals surface area contributed by atoms with E-state index in [1.807, 2.05) is 0 Å². The summed E-state index contributed by atoms with van der Waals surface area (Å²) in [6.07, 6.45) is -3.04. The van der Waals surface area contributed by atoms with Crippen LogP contribution in [0.5, 0.6) is 0 Å². The molecule has 0 aliphatic heterocycles. The van der Waals surface area contributed by atoms with Gasteiger partial charge in [-0.15, -0.1) is 0 Å². The number of alkyl halides is 3. The highest BCUT2D eigenvalue weighted by molar-refractivity contribution is 5.85. The Morgan fingerprint density at radius 2 is 1.85 bits per heavy atom. The molecule has 0 saturated heterocycles. The van der Waals surface area contributed by atoms with Crippen molar-refractivity contribution < 1.29 is 18.0 Å². The van der Waals surface area contributed by atoms with Crippen LogP contribution < -0.4 is 0 Å². The van der Waals surface area contributed by atoms with Crippen molar-refractivity contribution in [2.75, 3.05) is 0 Å². The lowest BCUT2D eigenvalue weighted by molar-refractivity contribution is -0.170. The second kappa shape index (κ2) is 3.51. The molecular weight excluding hydrogens is 185 g/mol. The number of nitrogens with zero attached hydrogens (tertiary/aromatic N) is 2. The number of halogens is 3. The molecule has 0 saturated carbocycles. The Hall–Kier alpha value is -1.46. The zero-order chi connectivity index (χ0) is 9.90. The van der Waals surface area contributed by atoms with Crippen molar-refractivity contribution >= 4 is 5.78 Å². The zero-order valence-corrected chi connectivity index (χ0v) is 6.38. The van der Waals surface area contributed by atoms with E-state index in [1.165, 1.54) is 18.5 Å². The Labute approximate surface area is 71.6 Å². The fourth-order valence-electron chi connectivity index (χ4n) is 0.665. The molecule has 1 aromatic heterocycles. The lowest BCUT2D eigenvalue weighted by Crippen LogP contribution is -2.25. The highest BCUT2D eigenvalue weighted by Crippen LogP contribution is 2.17. The van der Waals surface area contributed by atoms with E-state index in [4.69, 9.17) is 0 Å². The summed E-state index contributed by atoms with van der Waals surface area (Å²) in [4.78, 5) is 17.4. The van der Waals surface area contributed by atoms with Gasteiger partial charge in [0.2, 0.25) is 5.78 Å². The van der Waals surface area contributed by atoms with E-state index in [0.717, 1.165) is 0 Å². The first-order valence-electron chi connectivity index (χ1n) is 3.36. The number of hydrogen-bond donors (Lipinski definition) is 0. The summed E-state index contributed by atoms with van der Waals surface area (Å²) < 4.78 is 35.2. The fraction of sp³-hybridized carbons (Fsp3) is 0.286. The first-order valence-corrected chi connectivity index (χ1v) is 3.36. The molecule has 0 unspecified atom stereocenters. The predicted molar refractivity (Wildman–Crippen MR) is 36.8 cm³/mol. The van der Waals surface area contributed by atoms with Gasteiger partial charge in [0.25, 0.3) is 0 Å². The third-order valence-electron chi connectivity index (χ3n) is 1.25. The summed E-state index contributed by atoms with van der Waals surface area (Å²) >= 11 is 0. The molecule has 0 aliphatic carbocycles. The van der Waals surface area contributed by atoms with Crippen LogP contribution in [0.15, 0.2) is 18.5 Å². The number of Topliss-reactive ketones (excluding diaryl/α,β-unsaturated/α-hetero) is 1. The maximum absolute atomic E-state index is 11.7. The maximum Gasteiger partial charge on any atom is 0.450 e. The minimum absolute atomic E-state index is 0.121. The normalized spacial score (nSPS) is 11.3. The summed E-state index contributed by atoms with van der Waals surface area (Å²) in [5.41, 5.74) is 0. The third-order valence-corrected chi connectivity index (χ3v) is 1.25. The lowest BCUT2D eigenvalue weighted by atomic mass is 10.2.